The van der Waals surface area contributed by atoms with Gasteiger partial charge in [-0.25, -0.2) is 9.36 Å². The molecule has 11 heteroatoms. The van der Waals surface area contributed by atoms with E-state index in [9.17, 15) is 23.5 Å². The predicted octanol–water partition coefficient (Wildman–Crippen LogP) is 1.17. The van der Waals surface area contributed by atoms with Crippen molar-refractivity contribution in [1.29, 1.82) is 0 Å². The van der Waals surface area contributed by atoms with Gasteiger partial charge in [0.05, 0.1) is 21.7 Å². The Bertz CT molecular complexity index is 819. The van der Waals surface area contributed by atoms with Gasteiger partial charge in [-0.15, -0.1) is 5.10 Å². The van der Waals surface area contributed by atoms with E-state index in [1.165, 1.54) is 13.0 Å². The highest BCUT2D eigenvalue weighted by Crippen LogP contribution is 2.32. The zero-order valence-corrected chi connectivity index (χ0v) is 12.9. The molecular weight excluding hydrogens is 359 g/mol. The van der Waals surface area contributed by atoms with E-state index in [1.54, 1.807) is 0 Å². The number of aliphatic carboxylic acids is 1. The Hall–Kier alpha value is -2.13. The molecule has 0 radical (unpaired) electrons. The molecule has 2 aromatic rings. The Balaban J connectivity index is 2.56. The number of hydrogen-bond acceptors (Lipinski definition) is 5. The zero-order chi connectivity index (χ0) is 17.3. The quantitative estimate of drug-likeness (QED) is 0.792. The summed E-state index contributed by atoms with van der Waals surface area (Å²) in [7, 11) is 0. The lowest BCUT2D eigenvalue weighted by atomic mass is 10.3. The number of halogens is 4. The Morgan fingerprint density at radius 1 is 1.39 bits per heavy atom. The van der Waals surface area contributed by atoms with Crippen molar-refractivity contribution in [3.05, 3.63) is 38.5 Å². The standard InChI is InChI=1S/C12H9Cl2F2N3O4/c1-5-17-19(12(22)18(5)11(15)16)8-3-9(23-4-10(20)21)7(14)2-6(8)13/h2-3,11H,4H2,1H3,(H,20,21)/p-1. The van der Waals surface area contributed by atoms with Crippen molar-refractivity contribution >= 4 is 29.2 Å². The summed E-state index contributed by atoms with van der Waals surface area (Å²) in [5.74, 6) is -1.84. The molecule has 0 atom stereocenters. The first-order valence-electron chi connectivity index (χ1n) is 6.00. The summed E-state index contributed by atoms with van der Waals surface area (Å²) in [6.45, 7) is -2.64. The van der Waals surface area contributed by atoms with Crippen LogP contribution in [0.4, 0.5) is 8.78 Å². The molecule has 124 valence electrons. The normalized spacial score (nSPS) is 11.0. The average molecular weight is 367 g/mol. The molecule has 0 aliphatic heterocycles. The minimum Gasteiger partial charge on any atom is -0.546 e. The summed E-state index contributed by atoms with van der Waals surface area (Å²) in [4.78, 5) is 22.4. The van der Waals surface area contributed by atoms with Crippen LogP contribution in [0.5, 0.6) is 5.75 Å². The SMILES string of the molecule is Cc1nn(-c2cc(OCC(=O)[O-])c(Cl)cc2Cl)c(=O)n1C(F)F. The second-order valence-electron chi connectivity index (χ2n) is 4.28. The fourth-order valence-electron chi connectivity index (χ4n) is 1.79. The first-order valence-corrected chi connectivity index (χ1v) is 6.76. The van der Waals surface area contributed by atoms with Crippen LogP contribution in [0.15, 0.2) is 16.9 Å². The molecule has 0 fully saturated rings. The van der Waals surface area contributed by atoms with E-state index in [0.29, 0.717) is 4.68 Å². The molecule has 7 nitrogen and oxygen atoms in total. The van der Waals surface area contributed by atoms with Gasteiger partial charge in [-0.2, -0.15) is 13.5 Å². The van der Waals surface area contributed by atoms with E-state index in [1.807, 2.05) is 0 Å². The molecule has 0 aliphatic rings. The number of aryl methyl sites for hydroxylation is 1. The molecule has 1 aromatic heterocycles. The van der Waals surface area contributed by atoms with Crippen LogP contribution in [0.2, 0.25) is 10.0 Å². The molecule has 0 spiro atoms. The van der Waals surface area contributed by atoms with E-state index in [0.717, 1.165) is 6.07 Å². The summed E-state index contributed by atoms with van der Waals surface area (Å²) < 4.78 is 31.4. The minimum atomic E-state index is -3.07. The van der Waals surface area contributed by atoms with Gasteiger partial charge in [0.15, 0.2) is 0 Å². The first-order chi connectivity index (χ1) is 10.7. The second-order valence-corrected chi connectivity index (χ2v) is 5.10. The lowest BCUT2D eigenvalue weighted by Crippen LogP contribution is -2.29. The molecule has 0 bridgehead atoms. The number of aromatic nitrogens is 3. The highest BCUT2D eigenvalue weighted by molar-refractivity contribution is 6.36. The Labute approximate surface area is 137 Å². The predicted molar refractivity (Wildman–Crippen MR) is 74.3 cm³/mol. The molecule has 0 saturated carbocycles. The van der Waals surface area contributed by atoms with Gasteiger partial charge >= 0.3 is 12.2 Å². The van der Waals surface area contributed by atoms with Crippen LogP contribution in [0.3, 0.4) is 0 Å². The molecule has 0 aliphatic carbocycles. The third-order valence-electron chi connectivity index (χ3n) is 2.75. The van der Waals surface area contributed by atoms with Crippen molar-refractivity contribution in [2.45, 2.75) is 13.5 Å². The number of benzene rings is 1. The smallest absolute Gasteiger partial charge is 0.355 e. The van der Waals surface area contributed by atoms with Crippen molar-refractivity contribution in [1.82, 2.24) is 14.3 Å². The average Bonchev–Trinajstić information content (AvgIpc) is 2.72. The van der Waals surface area contributed by atoms with Crippen LogP contribution in [0.25, 0.3) is 5.69 Å². The maximum Gasteiger partial charge on any atom is 0.355 e. The van der Waals surface area contributed by atoms with Crippen molar-refractivity contribution in [3.8, 4) is 11.4 Å². The van der Waals surface area contributed by atoms with E-state index < -0.39 is 24.8 Å². The highest BCUT2D eigenvalue weighted by Gasteiger charge is 2.20. The lowest BCUT2D eigenvalue weighted by Gasteiger charge is -2.11. The summed E-state index contributed by atoms with van der Waals surface area (Å²) in [6.07, 6.45) is 0. The summed E-state index contributed by atoms with van der Waals surface area (Å²) in [5.41, 5.74) is -1.20. The molecule has 1 heterocycles. The van der Waals surface area contributed by atoms with Gasteiger partial charge in [-0.1, -0.05) is 23.2 Å². The third kappa shape index (κ3) is 3.45. The maximum atomic E-state index is 12.8. The lowest BCUT2D eigenvalue weighted by molar-refractivity contribution is -0.307. The van der Waals surface area contributed by atoms with Crippen LogP contribution >= 0.6 is 23.2 Å². The van der Waals surface area contributed by atoms with E-state index in [2.05, 4.69) is 5.10 Å². The van der Waals surface area contributed by atoms with Crippen LogP contribution in [0.1, 0.15) is 12.4 Å². The largest absolute Gasteiger partial charge is 0.546 e. The van der Waals surface area contributed by atoms with Crippen molar-refractivity contribution < 1.29 is 23.4 Å². The number of alkyl halides is 2. The topological polar surface area (TPSA) is 89.2 Å². The fourth-order valence-corrected chi connectivity index (χ4v) is 2.30. The van der Waals surface area contributed by atoms with Gasteiger partial charge in [-0.05, 0) is 13.0 Å². The van der Waals surface area contributed by atoms with E-state index in [4.69, 9.17) is 27.9 Å². The molecule has 23 heavy (non-hydrogen) atoms. The Morgan fingerprint density at radius 3 is 2.57 bits per heavy atom. The summed E-state index contributed by atoms with van der Waals surface area (Å²) in [6, 6.07) is 2.30. The van der Waals surface area contributed by atoms with Gasteiger partial charge < -0.3 is 14.6 Å². The second kappa shape index (κ2) is 6.55. The Kier molecular flexibility index (Phi) is 4.90. The number of carboxylic acid groups (broad SMARTS) is 1. The van der Waals surface area contributed by atoms with Gasteiger partial charge in [0, 0.05) is 6.07 Å². The van der Waals surface area contributed by atoms with Crippen molar-refractivity contribution in [2.24, 2.45) is 0 Å². The number of rotatable bonds is 5. The van der Waals surface area contributed by atoms with Gasteiger partial charge in [0.1, 0.15) is 18.2 Å². The van der Waals surface area contributed by atoms with Crippen LogP contribution in [0, 0.1) is 6.92 Å². The number of nitrogens with zero attached hydrogens (tertiary/aromatic N) is 3. The maximum absolute atomic E-state index is 12.8. The molecular formula is C12H8Cl2F2N3O4-. The zero-order valence-electron chi connectivity index (χ0n) is 11.4. The number of carbonyl (C=O) groups excluding carboxylic acids is 1. The number of hydrogen-bond donors (Lipinski definition) is 0. The first kappa shape index (κ1) is 17.2. The van der Waals surface area contributed by atoms with Gasteiger partial charge in [-0.3, -0.25) is 0 Å². The molecule has 0 unspecified atom stereocenters. The monoisotopic (exact) mass is 366 g/mol. The van der Waals surface area contributed by atoms with Crippen LogP contribution in [-0.4, -0.2) is 26.9 Å². The molecule has 0 saturated heterocycles. The van der Waals surface area contributed by atoms with Gasteiger partial charge in [0.25, 0.3) is 0 Å². The summed E-state index contributed by atoms with van der Waals surface area (Å²) in [5, 5.41) is 14.0. The molecule has 1 aromatic carbocycles. The number of carboxylic acids is 1. The molecule has 0 N–H and O–H groups in total. The van der Waals surface area contributed by atoms with Gasteiger partial charge in [0.2, 0.25) is 0 Å². The molecule has 2 rings (SSSR count). The highest BCUT2D eigenvalue weighted by atomic mass is 35.5. The van der Waals surface area contributed by atoms with E-state index in [-0.39, 0.29) is 31.9 Å². The van der Waals surface area contributed by atoms with Crippen LogP contribution in [-0.2, 0) is 4.79 Å². The summed E-state index contributed by atoms with van der Waals surface area (Å²) >= 11 is 11.8. The van der Waals surface area contributed by atoms with Crippen LogP contribution < -0.4 is 15.5 Å². The minimum absolute atomic E-state index is 0.0296. The third-order valence-corrected chi connectivity index (χ3v) is 3.35. The van der Waals surface area contributed by atoms with Crippen molar-refractivity contribution in [2.75, 3.05) is 6.61 Å². The Morgan fingerprint density at radius 2 is 2.04 bits per heavy atom. The van der Waals surface area contributed by atoms with E-state index >= 15 is 0 Å². The molecule has 0 amide bonds. The van der Waals surface area contributed by atoms with Crippen molar-refractivity contribution in [3.63, 3.8) is 0 Å². The number of ether oxygens (including phenoxy) is 1. The number of carbonyl (C=O) groups is 1. The fraction of sp³-hybridized carbons (Fsp3) is 0.250.